The summed E-state index contributed by atoms with van der Waals surface area (Å²) in [6, 6.07) is 8.13. The first-order chi connectivity index (χ1) is 8.18. The molecule has 0 aliphatic heterocycles. The quantitative estimate of drug-likeness (QED) is 0.638. The Labute approximate surface area is 99.5 Å². The minimum absolute atomic E-state index is 0.955. The van der Waals surface area contributed by atoms with Gasteiger partial charge in [0.1, 0.15) is 5.52 Å². The highest BCUT2D eigenvalue weighted by Gasteiger charge is 2.11. The molecule has 0 radical (unpaired) electrons. The van der Waals surface area contributed by atoms with E-state index >= 15 is 0 Å². The fraction of sp³-hybridized carbons (Fsp3) is 0.231. The molecule has 0 fully saturated rings. The standard InChI is InChI=1S/C13H14N4/c1-16(2)13-15-12-9-5-4-8-14-10(9)6-7-11(12)17(13)3/h4-8H,1-3H3. The second-order valence-electron chi connectivity index (χ2n) is 4.37. The number of hydrogen-bond donors (Lipinski definition) is 0. The van der Waals surface area contributed by atoms with E-state index in [2.05, 4.69) is 26.7 Å². The zero-order valence-corrected chi connectivity index (χ0v) is 10.2. The Morgan fingerprint density at radius 3 is 2.76 bits per heavy atom. The van der Waals surface area contributed by atoms with Crippen molar-refractivity contribution in [2.75, 3.05) is 19.0 Å². The average molecular weight is 226 g/mol. The summed E-state index contributed by atoms with van der Waals surface area (Å²) in [6.07, 6.45) is 1.81. The predicted molar refractivity (Wildman–Crippen MR) is 70.3 cm³/mol. The van der Waals surface area contributed by atoms with E-state index < -0.39 is 0 Å². The zero-order chi connectivity index (χ0) is 12.0. The lowest BCUT2D eigenvalue weighted by atomic mass is 10.2. The molecule has 3 rings (SSSR count). The number of pyridine rings is 1. The molecule has 2 heterocycles. The number of fused-ring (bicyclic) bond motifs is 3. The van der Waals surface area contributed by atoms with Crippen LogP contribution in [-0.2, 0) is 7.05 Å². The van der Waals surface area contributed by atoms with Crippen LogP contribution in [0.3, 0.4) is 0 Å². The van der Waals surface area contributed by atoms with Crippen molar-refractivity contribution in [2.45, 2.75) is 0 Å². The highest BCUT2D eigenvalue weighted by atomic mass is 15.3. The van der Waals surface area contributed by atoms with Crippen molar-refractivity contribution in [2.24, 2.45) is 7.05 Å². The zero-order valence-electron chi connectivity index (χ0n) is 10.2. The van der Waals surface area contributed by atoms with Crippen LogP contribution in [-0.4, -0.2) is 28.6 Å². The number of hydrogen-bond acceptors (Lipinski definition) is 3. The third kappa shape index (κ3) is 1.37. The molecule has 0 saturated heterocycles. The molecule has 0 bridgehead atoms. The SMILES string of the molecule is CN(C)c1nc2c3cccnc3ccc2n1C. The van der Waals surface area contributed by atoms with E-state index in [0.29, 0.717) is 0 Å². The highest BCUT2D eigenvalue weighted by Crippen LogP contribution is 2.26. The fourth-order valence-corrected chi connectivity index (χ4v) is 2.20. The lowest BCUT2D eigenvalue weighted by molar-refractivity contribution is 0.890. The van der Waals surface area contributed by atoms with Gasteiger partial charge in [0.15, 0.2) is 0 Å². The van der Waals surface area contributed by atoms with Crippen LogP contribution >= 0.6 is 0 Å². The van der Waals surface area contributed by atoms with E-state index in [1.165, 1.54) is 0 Å². The fourth-order valence-electron chi connectivity index (χ4n) is 2.20. The lowest BCUT2D eigenvalue weighted by Crippen LogP contribution is -2.13. The Hall–Kier alpha value is -2.10. The molecule has 4 heteroatoms. The van der Waals surface area contributed by atoms with E-state index in [0.717, 1.165) is 27.9 Å². The van der Waals surface area contributed by atoms with Gasteiger partial charge in [0.05, 0.1) is 11.0 Å². The third-order valence-corrected chi connectivity index (χ3v) is 3.01. The molecule has 17 heavy (non-hydrogen) atoms. The summed E-state index contributed by atoms with van der Waals surface area (Å²) in [5.41, 5.74) is 3.14. The van der Waals surface area contributed by atoms with Crippen molar-refractivity contribution in [1.29, 1.82) is 0 Å². The van der Waals surface area contributed by atoms with Gasteiger partial charge in [-0.3, -0.25) is 4.98 Å². The molecule has 0 aliphatic carbocycles. The summed E-state index contributed by atoms with van der Waals surface area (Å²) in [4.78, 5) is 11.1. The first-order valence-corrected chi connectivity index (χ1v) is 5.56. The van der Waals surface area contributed by atoms with Gasteiger partial charge in [0.2, 0.25) is 5.95 Å². The Morgan fingerprint density at radius 1 is 1.18 bits per heavy atom. The molecule has 0 saturated carbocycles. The van der Waals surface area contributed by atoms with E-state index in [4.69, 9.17) is 0 Å². The molecule has 3 aromatic rings. The monoisotopic (exact) mass is 226 g/mol. The molecular formula is C13H14N4. The number of benzene rings is 1. The minimum atomic E-state index is 0.955. The van der Waals surface area contributed by atoms with Gasteiger partial charge in [-0.25, -0.2) is 4.98 Å². The largest absolute Gasteiger partial charge is 0.348 e. The second kappa shape index (κ2) is 3.45. The molecule has 0 spiro atoms. The van der Waals surface area contributed by atoms with Crippen LogP contribution in [0.4, 0.5) is 5.95 Å². The van der Waals surface area contributed by atoms with Crippen molar-refractivity contribution in [3.05, 3.63) is 30.5 Å². The van der Waals surface area contributed by atoms with Gasteiger partial charge >= 0.3 is 0 Å². The lowest BCUT2D eigenvalue weighted by Gasteiger charge is -2.10. The maximum absolute atomic E-state index is 4.69. The molecule has 0 aliphatic rings. The van der Waals surface area contributed by atoms with Crippen LogP contribution < -0.4 is 4.90 Å². The number of aryl methyl sites for hydroxylation is 1. The summed E-state index contributed by atoms with van der Waals surface area (Å²) in [5.74, 6) is 0.955. The van der Waals surface area contributed by atoms with Crippen molar-refractivity contribution < 1.29 is 0 Å². The minimum Gasteiger partial charge on any atom is -0.348 e. The molecule has 86 valence electrons. The molecule has 0 atom stereocenters. The smallest absolute Gasteiger partial charge is 0.205 e. The van der Waals surface area contributed by atoms with Crippen LogP contribution in [0.25, 0.3) is 21.9 Å². The van der Waals surface area contributed by atoms with E-state index in [-0.39, 0.29) is 0 Å². The number of aromatic nitrogens is 3. The maximum atomic E-state index is 4.69. The van der Waals surface area contributed by atoms with Gasteiger partial charge < -0.3 is 9.47 Å². The van der Waals surface area contributed by atoms with E-state index in [1.54, 1.807) is 0 Å². The average Bonchev–Trinajstić information content (AvgIpc) is 2.67. The number of anilines is 1. The van der Waals surface area contributed by atoms with Gasteiger partial charge in [-0.1, -0.05) is 0 Å². The molecule has 0 amide bonds. The van der Waals surface area contributed by atoms with Gasteiger partial charge in [0.25, 0.3) is 0 Å². The van der Waals surface area contributed by atoms with Gasteiger partial charge in [-0.05, 0) is 24.3 Å². The van der Waals surface area contributed by atoms with Gasteiger partial charge in [-0.15, -0.1) is 0 Å². The summed E-state index contributed by atoms with van der Waals surface area (Å²) in [7, 11) is 6.04. The van der Waals surface area contributed by atoms with E-state index in [9.17, 15) is 0 Å². The molecular weight excluding hydrogens is 212 g/mol. The van der Waals surface area contributed by atoms with Gasteiger partial charge in [-0.2, -0.15) is 0 Å². The summed E-state index contributed by atoms with van der Waals surface area (Å²) in [6.45, 7) is 0. The summed E-state index contributed by atoms with van der Waals surface area (Å²) in [5, 5.41) is 1.11. The van der Waals surface area contributed by atoms with Gasteiger partial charge in [0, 0.05) is 32.7 Å². The normalized spacial score (nSPS) is 11.2. The first-order valence-electron chi connectivity index (χ1n) is 5.56. The summed E-state index contributed by atoms with van der Waals surface area (Å²) < 4.78 is 2.10. The Morgan fingerprint density at radius 2 is 2.00 bits per heavy atom. The third-order valence-electron chi connectivity index (χ3n) is 3.01. The van der Waals surface area contributed by atoms with Crippen molar-refractivity contribution in [3.8, 4) is 0 Å². The van der Waals surface area contributed by atoms with Crippen molar-refractivity contribution >= 4 is 27.9 Å². The van der Waals surface area contributed by atoms with Crippen molar-refractivity contribution in [1.82, 2.24) is 14.5 Å². The highest BCUT2D eigenvalue weighted by molar-refractivity contribution is 6.03. The van der Waals surface area contributed by atoms with Crippen LogP contribution in [0.2, 0.25) is 0 Å². The maximum Gasteiger partial charge on any atom is 0.205 e. The van der Waals surface area contributed by atoms with Crippen LogP contribution in [0.5, 0.6) is 0 Å². The Balaban J connectivity index is 2.47. The topological polar surface area (TPSA) is 34.0 Å². The first kappa shape index (κ1) is 10.1. The summed E-state index contributed by atoms with van der Waals surface area (Å²) >= 11 is 0. The Bertz CT molecular complexity index is 697. The van der Waals surface area contributed by atoms with Crippen LogP contribution in [0, 0.1) is 0 Å². The number of rotatable bonds is 1. The molecule has 1 aromatic carbocycles. The second-order valence-corrected chi connectivity index (χ2v) is 4.37. The number of nitrogens with zero attached hydrogens (tertiary/aromatic N) is 4. The Kier molecular flexibility index (Phi) is 2.04. The molecule has 0 N–H and O–H groups in total. The molecule has 0 unspecified atom stereocenters. The van der Waals surface area contributed by atoms with Crippen molar-refractivity contribution in [3.63, 3.8) is 0 Å². The van der Waals surface area contributed by atoms with Crippen LogP contribution in [0.1, 0.15) is 0 Å². The predicted octanol–water partition coefficient (Wildman–Crippen LogP) is 2.19. The molecule has 2 aromatic heterocycles. The molecule has 4 nitrogen and oxygen atoms in total. The van der Waals surface area contributed by atoms with Crippen LogP contribution in [0.15, 0.2) is 30.5 Å². The number of imidazole rings is 1. The van der Waals surface area contributed by atoms with E-state index in [1.807, 2.05) is 44.4 Å².